The van der Waals surface area contributed by atoms with Crippen molar-refractivity contribution >= 4 is 0 Å². The molecule has 0 aliphatic heterocycles. The van der Waals surface area contributed by atoms with Gasteiger partial charge in [-0.3, -0.25) is 0 Å². The molecule has 0 saturated heterocycles. The molecule has 1 nitrogen and oxygen atoms in total. The number of aliphatic hydroxyl groups excluding tert-OH is 1. The van der Waals surface area contributed by atoms with E-state index < -0.39 is 0 Å². The van der Waals surface area contributed by atoms with E-state index in [2.05, 4.69) is 44.2 Å². The summed E-state index contributed by atoms with van der Waals surface area (Å²) in [4.78, 5) is 0. The molecular formula is C26H36O. The summed E-state index contributed by atoms with van der Waals surface area (Å²) in [6.07, 6.45) is 14.0. The molecule has 0 spiro atoms. The monoisotopic (exact) mass is 364 g/mol. The van der Waals surface area contributed by atoms with Gasteiger partial charge in [0, 0.05) is 0 Å². The Balaban J connectivity index is 1.34. The first kappa shape index (κ1) is 18.0. The molecule has 0 heterocycles. The second-order valence-corrected chi connectivity index (χ2v) is 10.5. The van der Waals surface area contributed by atoms with Crippen LogP contribution in [0.25, 0.3) is 0 Å². The van der Waals surface area contributed by atoms with Crippen LogP contribution in [0.1, 0.15) is 69.4 Å². The van der Waals surface area contributed by atoms with E-state index in [1.165, 1.54) is 50.5 Å². The molecule has 1 aromatic rings. The maximum absolute atomic E-state index is 10.2. The van der Waals surface area contributed by atoms with Gasteiger partial charge < -0.3 is 5.11 Å². The third-order valence-electron chi connectivity index (χ3n) is 9.16. The lowest BCUT2D eigenvalue weighted by Crippen LogP contribution is -2.47. The third kappa shape index (κ3) is 3.01. The molecule has 0 radical (unpaired) electrons. The van der Waals surface area contributed by atoms with Gasteiger partial charge in [0.2, 0.25) is 0 Å². The molecular weight excluding hydrogens is 328 g/mol. The van der Waals surface area contributed by atoms with E-state index in [9.17, 15) is 5.11 Å². The summed E-state index contributed by atoms with van der Waals surface area (Å²) in [6.45, 7) is 4.73. The molecule has 5 rings (SSSR count). The number of allylic oxidation sites excluding steroid dienone is 1. The van der Waals surface area contributed by atoms with Crippen LogP contribution < -0.4 is 0 Å². The lowest BCUT2D eigenvalue weighted by atomic mass is 9.50. The molecule has 1 N–H and O–H groups in total. The second-order valence-electron chi connectivity index (χ2n) is 10.5. The second kappa shape index (κ2) is 6.76. The molecule has 0 amide bonds. The van der Waals surface area contributed by atoms with Crippen LogP contribution in [0.3, 0.4) is 0 Å². The quantitative estimate of drug-likeness (QED) is 0.630. The number of rotatable bonds is 2. The standard InChI is InChI=1S/C26H36O/c1-17-3-5-18(6-4-17)15-19-7-9-23-22(19)11-12-25-24(23)10-8-20-16-21(27)13-14-26(20,25)2/h3-6,8,19,21-25,27H,7,9-16H2,1-2H3. The van der Waals surface area contributed by atoms with Crippen LogP contribution in [0.4, 0.5) is 0 Å². The predicted molar refractivity (Wildman–Crippen MR) is 111 cm³/mol. The molecule has 4 aliphatic rings. The Kier molecular flexibility index (Phi) is 4.50. The first-order chi connectivity index (χ1) is 13.0. The fourth-order valence-electron chi connectivity index (χ4n) is 7.70. The molecule has 3 fully saturated rings. The number of aryl methyl sites for hydroxylation is 1. The Morgan fingerprint density at radius 3 is 2.56 bits per heavy atom. The van der Waals surface area contributed by atoms with Gasteiger partial charge >= 0.3 is 0 Å². The van der Waals surface area contributed by atoms with Crippen LogP contribution in [0.5, 0.6) is 0 Å². The highest BCUT2D eigenvalue weighted by molar-refractivity contribution is 5.25. The molecule has 1 heteroatoms. The fourth-order valence-corrected chi connectivity index (χ4v) is 7.70. The number of aliphatic hydroxyl groups is 1. The molecule has 7 unspecified atom stereocenters. The number of fused-ring (bicyclic) bond motifs is 5. The minimum absolute atomic E-state index is 0.0809. The lowest BCUT2D eigenvalue weighted by Gasteiger charge is -2.55. The van der Waals surface area contributed by atoms with Gasteiger partial charge in [0.25, 0.3) is 0 Å². The van der Waals surface area contributed by atoms with E-state index in [1.54, 1.807) is 11.1 Å². The van der Waals surface area contributed by atoms with Gasteiger partial charge in [0.05, 0.1) is 6.10 Å². The first-order valence-corrected chi connectivity index (χ1v) is 11.5. The van der Waals surface area contributed by atoms with Crippen LogP contribution in [0.15, 0.2) is 35.9 Å². The van der Waals surface area contributed by atoms with E-state index in [0.717, 1.165) is 42.4 Å². The minimum Gasteiger partial charge on any atom is -0.393 e. The van der Waals surface area contributed by atoms with Crippen LogP contribution in [-0.4, -0.2) is 11.2 Å². The predicted octanol–water partition coefficient (Wildman–Crippen LogP) is 6.09. The highest BCUT2D eigenvalue weighted by Crippen LogP contribution is 2.62. The van der Waals surface area contributed by atoms with Gasteiger partial charge in [-0.05, 0) is 105 Å². The molecule has 1 aromatic carbocycles. The summed E-state index contributed by atoms with van der Waals surface area (Å²) in [5.41, 5.74) is 4.92. The maximum atomic E-state index is 10.2. The van der Waals surface area contributed by atoms with Gasteiger partial charge in [0.1, 0.15) is 0 Å². The van der Waals surface area contributed by atoms with Crippen molar-refractivity contribution in [1.82, 2.24) is 0 Å². The SMILES string of the molecule is Cc1ccc(CC2CCC3C2CCC2C3CC=C3CC(O)CCC32C)cc1. The van der Waals surface area contributed by atoms with Crippen molar-refractivity contribution in [3.05, 3.63) is 47.0 Å². The van der Waals surface area contributed by atoms with Crippen molar-refractivity contribution in [1.29, 1.82) is 0 Å². The van der Waals surface area contributed by atoms with Crippen molar-refractivity contribution in [2.24, 2.45) is 35.0 Å². The van der Waals surface area contributed by atoms with E-state index >= 15 is 0 Å². The summed E-state index contributed by atoms with van der Waals surface area (Å²) < 4.78 is 0. The minimum atomic E-state index is -0.0809. The maximum Gasteiger partial charge on any atom is 0.0577 e. The van der Waals surface area contributed by atoms with E-state index in [1.807, 2.05) is 0 Å². The van der Waals surface area contributed by atoms with Crippen molar-refractivity contribution < 1.29 is 5.11 Å². The average molecular weight is 365 g/mol. The number of hydrogen-bond acceptors (Lipinski definition) is 1. The molecule has 7 atom stereocenters. The van der Waals surface area contributed by atoms with Crippen LogP contribution in [0, 0.1) is 41.9 Å². The Morgan fingerprint density at radius 1 is 0.963 bits per heavy atom. The topological polar surface area (TPSA) is 20.2 Å². The van der Waals surface area contributed by atoms with Gasteiger partial charge in [-0.15, -0.1) is 0 Å². The first-order valence-electron chi connectivity index (χ1n) is 11.5. The van der Waals surface area contributed by atoms with Gasteiger partial charge in [0.15, 0.2) is 0 Å². The van der Waals surface area contributed by atoms with Gasteiger partial charge in [-0.2, -0.15) is 0 Å². The summed E-state index contributed by atoms with van der Waals surface area (Å²) in [7, 11) is 0. The molecule has 27 heavy (non-hydrogen) atoms. The normalized spacial score (nSPS) is 43.4. The van der Waals surface area contributed by atoms with Crippen LogP contribution in [0.2, 0.25) is 0 Å². The summed E-state index contributed by atoms with van der Waals surface area (Å²) in [5.74, 6) is 4.62. The van der Waals surface area contributed by atoms with Gasteiger partial charge in [-0.1, -0.05) is 48.4 Å². The van der Waals surface area contributed by atoms with Crippen molar-refractivity contribution in [3.63, 3.8) is 0 Å². The van der Waals surface area contributed by atoms with Crippen molar-refractivity contribution in [3.8, 4) is 0 Å². The van der Waals surface area contributed by atoms with Crippen LogP contribution in [-0.2, 0) is 6.42 Å². The lowest BCUT2D eigenvalue weighted by molar-refractivity contribution is -0.0113. The zero-order valence-electron chi connectivity index (χ0n) is 17.2. The van der Waals surface area contributed by atoms with Crippen molar-refractivity contribution in [2.75, 3.05) is 0 Å². The highest BCUT2D eigenvalue weighted by Gasteiger charge is 2.53. The van der Waals surface area contributed by atoms with E-state index in [0.29, 0.717) is 5.41 Å². The average Bonchev–Trinajstić information content (AvgIpc) is 3.07. The molecule has 146 valence electrons. The van der Waals surface area contributed by atoms with E-state index in [4.69, 9.17) is 0 Å². The highest BCUT2D eigenvalue weighted by atomic mass is 16.3. The van der Waals surface area contributed by atoms with Crippen LogP contribution >= 0.6 is 0 Å². The number of benzene rings is 1. The molecule has 4 aliphatic carbocycles. The zero-order chi connectivity index (χ0) is 18.6. The fraction of sp³-hybridized carbons (Fsp3) is 0.692. The molecule has 0 bridgehead atoms. The summed E-state index contributed by atoms with van der Waals surface area (Å²) in [5, 5.41) is 10.2. The van der Waals surface area contributed by atoms with Gasteiger partial charge in [-0.25, -0.2) is 0 Å². The largest absolute Gasteiger partial charge is 0.393 e. The Labute approximate surface area is 165 Å². The smallest absolute Gasteiger partial charge is 0.0577 e. The summed E-state index contributed by atoms with van der Waals surface area (Å²) >= 11 is 0. The Bertz CT molecular complexity index is 716. The summed E-state index contributed by atoms with van der Waals surface area (Å²) in [6, 6.07) is 9.28. The Hall–Kier alpha value is -1.08. The molecule has 0 aromatic heterocycles. The number of hydrogen-bond donors (Lipinski definition) is 1. The molecule has 3 saturated carbocycles. The third-order valence-corrected chi connectivity index (χ3v) is 9.16. The Morgan fingerprint density at radius 2 is 1.74 bits per heavy atom. The van der Waals surface area contributed by atoms with E-state index in [-0.39, 0.29) is 6.10 Å². The van der Waals surface area contributed by atoms with Crippen molar-refractivity contribution in [2.45, 2.75) is 77.7 Å². The zero-order valence-corrected chi connectivity index (χ0v) is 17.2.